The van der Waals surface area contributed by atoms with E-state index in [0.29, 0.717) is 6.42 Å². The van der Waals surface area contributed by atoms with E-state index >= 15 is 0 Å². The van der Waals surface area contributed by atoms with Gasteiger partial charge in [-0.15, -0.1) is 5.10 Å². The maximum Gasteiger partial charge on any atom is 0.453 e. The standard InChI is InChI=1S/C11H17ClF3N3/c1-4-5-6-7-8-16-9(11(13,14)15)17-18(8)10(2,3)12/h4-7H2,1-3H3. The molecule has 0 fully saturated rings. The monoisotopic (exact) mass is 283 g/mol. The summed E-state index contributed by atoms with van der Waals surface area (Å²) in [5.41, 5.74) is 0. The van der Waals surface area contributed by atoms with Crippen molar-refractivity contribution in [3.63, 3.8) is 0 Å². The molecule has 1 aromatic heterocycles. The molecule has 3 nitrogen and oxygen atoms in total. The molecule has 0 saturated heterocycles. The quantitative estimate of drug-likeness (QED) is 0.605. The number of alkyl halides is 4. The Hall–Kier alpha value is -0.780. The van der Waals surface area contributed by atoms with Crippen LogP contribution in [0.1, 0.15) is 51.7 Å². The van der Waals surface area contributed by atoms with Crippen LogP contribution >= 0.6 is 11.6 Å². The van der Waals surface area contributed by atoms with E-state index in [-0.39, 0.29) is 5.82 Å². The van der Waals surface area contributed by atoms with E-state index in [1.54, 1.807) is 13.8 Å². The predicted molar refractivity (Wildman–Crippen MR) is 63.4 cm³/mol. The largest absolute Gasteiger partial charge is 0.453 e. The molecule has 0 aliphatic rings. The van der Waals surface area contributed by atoms with Gasteiger partial charge in [-0.1, -0.05) is 31.4 Å². The SMILES string of the molecule is CCCCCc1nc(C(F)(F)F)nn1C(C)(C)Cl. The summed E-state index contributed by atoms with van der Waals surface area (Å²) >= 11 is 6.03. The lowest BCUT2D eigenvalue weighted by Crippen LogP contribution is -2.23. The predicted octanol–water partition coefficient (Wildman–Crippen LogP) is 3.96. The summed E-state index contributed by atoms with van der Waals surface area (Å²) in [4.78, 5) is 2.55. The highest BCUT2D eigenvalue weighted by atomic mass is 35.5. The van der Waals surface area contributed by atoms with Gasteiger partial charge >= 0.3 is 6.18 Å². The summed E-state index contributed by atoms with van der Waals surface area (Å²) in [6, 6.07) is 0. The van der Waals surface area contributed by atoms with Crippen molar-refractivity contribution in [2.45, 2.75) is 57.6 Å². The van der Waals surface area contributed by atoms with Gasteiger partial charge in [0.25, 0.3) is 5.82 Å². The first-order chi connectivity index (χ1) is 8.16. The molecule has 0 atom stereocenters. The maximum atomic E-state index is 12.6. The molecule has 0 saturated carbocycles. The Labute approximate surface area is 109 Å². The van der Waals surface area contributed by atoms with Gasteiger partial charge in [-0.25, -0.2) is 9.67 Å². The molecule has 1 rings (SSSR count). The molecule has 0 N–H and O–H groups in total. The number of unbranched alkanes of at least 4 members (excludes halogenated alkanes) is 2. The number of aryl methyl sites for hydroxylation is 1. The Bertz CT molecular complexity index is 393. The third kappa shape index (κ3) is 3.86. The topological polar surface area (TPSA) is 30.7 Å². The van der Waals surface area contributed by atoms with E-state index in [1.807, 2.05) is 6.92 Å². The lowest BCUT2D eigenvalue weighted by molar-refractivity contribution is -0.145. The Balaban J connectivity index is 3.02. The molecule has 0 amide bonds. The summed E-state index contributed by atoms with van der Waals surface area (Å²) in [5.74, 6) is -0.835. The fourth-order valence-electron chi connectivity index (χ4n) is 1.59. The van der Waals surface area contributed by atoms with Crippen molar-refractivity contribution in [2.24, 2.45) is 0 Å². The van der Waals surface area contributed by atoms with E-state index in [2.05, 4.69) is 10.1 Å². The second-order valence-corrected chi connectivity index (χ2v) is 5.55. The van der Waals surface area contributed by atoms with E-state index < -0.39 is 17.0 Å². The highest BCUT2D eigenvalue weighted by Crippen LogP contribution is 2.29. The molecule has 0 aliphatic carbocycles. The minimum atomic E-state index is -4.53. The average molecular weight is 284 g/mol. The highest BCUT2D eigenvalue weighted by molar-refractivity contribution is 6.21. The van der Waals surface area contributed by atoms with Crippen molar-refractivity contribution < 1.29 is 13.2 Å². The summed E-state index contributed by atoms with van der Waals surface area (Å²) in [5, 5.41) is 3.48. The van der Waals surface area contributed by atoms with Gasteiger partial charge in [0.05, 0.1) is 0 Å². The molecule has 0 radical (unpaired) electrons. The molecule has 0 aliphatic heterocycles. The van der Waals surface area contributed by atoms with Gasteiger partial charge in [0.1, 0.15) is 10.8 Å². The third-order valence-electron chi connectivity index (χ3n) is 2.44. The van der Waals surface area contributed by atoms with Crippen LogP contribution in [-0.4, -0.2) is 14.8 Å². The Morgan fingerprint density at radius 1 is 1.22 bits per heavy atom. The van der Waals surface area contributed by atoms with Gasteiger partial charge in [-0.05, 0) is 20.3 Å². The highest BCUT2D eigenvalue weighted by Gasteiger charge is 2.38. The zero-order chi connectivity index (χ0) is 14.0. The summed E-state index contributed by atoms with van der Waals surface area (Å²) in [6.07, 6.45) is -1.37. The molecule has 18 heavy (non-hydrogen) atoms. The normalized spacial score (nSPS) is 13.1. The van der Waals surface area contributed by atoms with Crippen LogP contribution in [0.3, 0.4) is 0 Å². The van der Waals surface area contributed by atoms with Crippen LogP contribution < -0.4 is 0 Å². The zero-order valence-electron chi connectivity index (χ0n) is 10.7. The van der Waals surface area contributed by atoms with Gasteiger partial charge < -0.3 is 0 Å². The van der Waals surface area contributed by atoms with Crippen molar-refractivity contribution in [1.29, 1.82) is 0 Å². The molecule has 104 valence electrons. The van der Waals surface area contributed by atoms with Crippen LogP contribution in [-0.2, 0) is 17.6 Å². The number of nitrogens with zero attached hydrogens (tertiary/aromatic N) is 3. The fourth-order valence-corrected chi connectivity index (χ4v) is 1.72. The van der Waals surface area contributed by atoms with Gasteiger partial charge in [-0.3, -0.25) is 0 Å². The van der Waals surface area contributed by atoms with E-state index in [1.165, 1.54) is 0 Å². The molecule has 0 unspecified atom stereocenters. The third-order valence-corrected chi connectivity index (χ3v) is 2.60. The number of hydrogen-bond acceptors (Lipinski definition) is 2. The Morgan fingerprint density at radius 3 is 2.28 bits per heavy atom. The van der Waals surface area contributed by atoms with Gasteiger partial charge in [-0.2, -0.15) is 13.2 Å². The first-order valence-electron chi connectivity index (χ1n) is 5.88. The smallest absolute Gasteiger partial charge is 0.229 e. The molecule has 7 heteroatoms. The first kappa shape index (κ1) is 15.3. The van der Waals surface area contributed by atoms with Crippen LogP contribution in [0, 0.1) is 0 Å². The Morgan fingerprint density at radius 2 is 1.83 bits per heavy atom. The van der Waals surface area contributed by atoms with Crippen molar-refractivity contribution in [1.82, 2.24) is 14.8 Å². The molecule has 0 bridgehead atoms. The van der Waals surface area contributed by atoms with E-state index in [4.69, 9.17) is 11.6 Å². The van der Waals surface area contributed by atoms with Gasteiger partial charge in [0, 0.05) is 6.42 Å². The van der Waals surface area contributed by atoms with Crippen LogP contribution in [0.5, 0.6) is 0 Å². The zero-order valence-corrected chi connectivity index (χ0v) is 11.4. The molecule has 0 aromatic carbocycles. The Kier molecular flexibility index (Phi) is 4.64. The van der Waals surface area contributed by atoms with Gasteiger partial charge in [0.15, 0.2) is 0 Å². The second kappa shape index (κ2) is 5.47. The number of rotatable bonds is 5. The van der Waals surface area contributed by atoms with E-state index in [0.717, 1.165) is 23.9 Å². The number of aromatic nitrogens is 3. The van der Waals surface area contributed by atoms with Crippen LogP contribution in [0.15, 0.2) is 0 Å². The molecule has 0 spiro atoms. The molecule has 1 aromatic rings. The average Bonchev–Trinajstić information content (AvgIpc) is 2.61. The van der Waals surface area contributed by atoms with Crippen LogP contribution in [0.2, 0.25) is 0 Å². The second-order valence-electron chi connectivity index (χ2n) is 4.63. The molecule has 1 heterocycles. The molecular weight excluding hydrogens is 267 g/mol. The summed E-state index contributed by atoms with van der Waals surface area (Å²) < 4.78 is 38.9. The van der Waals surface area contributed by atoms with Crippen molar-refractivity contribution in [3.05, 3.63) is 11.6 Å². The lowest BCUT2D eigenvalue weighted by Gasteiger charge is -2.18. The summed E-state index contributed by atoms with van der Waals surface area (Å²) in [6.45, 7) is 5.21. The van der Waals surface area contributed by atoms with Crippen molar-refractivity contribution in [2.75, 3.05) is 0 Å². The molecular formula is C11H17ClF3N3. The lowest BCUT2D eigenvalue weighted by atomic mass is 10.2. The number of halogens is 4. The van der Waals surface area contributed by atoms with Crippen molar-refractivity contribution in [3.8, 4) is 0 Å². The minimum absolute atomic E-state index is 0.288. The fraction of sp³-hybridized carbons (Fsp3) is 0.818. The minimum Gasteiger partial charge on any atom is -0.229 e. The first-order valence-corrected chi connectivity index (χ1v) is 6.26. The van der Waals surface area contributed by atoms with Gasteiger partial charge in [0.2, 0.25) is 0 Å². The van der Waals surface area contributed by atoms with E-state index in [9.17, 15) is 13.2 Å². The number of hydrogen-bond donors (Lipinski definition) is 0. The van der Waals surface area contributed by atoms with Crippen LogP contribution in [0.25, 0.3) is 0 Å². The summed E-state index contributed by atoms with van der Waals surface area (Å²) in [7, 11) is 0. The van der Waals surface area contributed by atoms with Crippen molar-refractivity contribution >= 4 is 11.6 Å². The maximum absolute atomic E-state index is 12.6. The van der Waals surface area contributed by atoms with Crippen LogP contribution in [0.4, 0.5) is 13.2 Å².